The average Bonchev–Trinajstić information content (AvgIpc) is 3.27. The Labute approximate surface area is 125 Å². The van der Waals surface area contributed by atoms with E-state index in [1.54, 1.807) is 12.1 Å². The van der Waals surface area contributed by atoms with E-state index in [2.05, 4.69) is 24.1 Å². The molecule has 1 aliphatic heterocycles. The topological polar surface area (TPSA) is 15.3 Å². The fourth-order valence-corrected chi connectivity index (χ4v) is 3.48. The van der Waals surface area contributed by atoms with Gasteiger partial charge in [-0.2, -0.15) is 0 Å². The highest BCUT2D eigenvalue weighted by atomic mass is 19.2. The molecule has 0 spiro atoms. The number of nitrogens with one attached hydrogen (secondary N) is 1. The summed E-state index contributed by atoms with van der Waals surface area (Å²) in [5.74, 6) is -0.726. The van der Waals surface area contributed by atoms with Crippen LogP contribution in [-0.4, -0.2) is 29.6 Å². The van der Waals surface area contributed by atoms with Gasteiger partial charge in [0.1, 0.15) is 0 Å². The molecule has 116 valence electrons. The number of benzene rings is 1. The molecule has 0 radical (unpaired) electrons. The lowest BCUT2D eigenvalue weighted by atomic mass is 9.95. The minimum atomic E-state index is -0.752. The van der Waals surface area contributed by atoms with Crippen LogP contribution in [0.2, 0.25) is 0 Å². The summed E-state index contributed by atoms with van der Waals surface area (Å²) in [6.45, 7) is 6.83. The monoisotopic (exact) mass is 294 g/mol. The Bertz CT molecular complexity index is 516. The van der Waals surface area contributed by atoms with Gasteiger partial charge >= 0.3 is 0 Å². The molecule has 0 aromatic heterocycles. The smallest absolute Gasteiger partial charge is 0.163 e. The van der Waals surface area contributed by atoms with Crippen LogP contribution in [-0.2, 0) is 6.54 Å². The summed E-state index contributed by atoms with van der Waals surface area (Å²) < 4.78 is 27.3. The molecule has 2 nitrogen and oxygen atoms in total. The molecule has 3 rings (SSSR count). The highest BCUT2D eigenvalue weighted by Gasteiger charge is 2.43. The quantitative estimate of drug-likeness (QED) is 0.920. The Morgan fingerprint density at radius 2 is 2.05 bits per heavy atom. The van der Waals surface area contributed by atoms with Crippen LogP contribution in [0.5, 0.6) is 0 Å². The molecular weight excluding hydrogens is 270 g/mol. The lowest BCUT2D eigenvalue weighted by Gasteiger charge is -2.36. The van der Waals surface area contributed by atoms with Crippen molar-refractivity contribution in [3.05, 3.63) is 35.4 Å². The second-order valence-electron chi connectivity index (χ2n) is 6.87. The number of rotatable bonds is 3. The third kappa shape index (κ3) is 3.11. The zero-order valence-corrected chi connectivity index (χ0v) is 12.8. The van der Waals surface area contributed by atoms with Gasteiger partial charge in [-0.05, 0) is 51.6 Å². The van der Waals surface area contributed by atoms with Gasteiger partial charge in [-0.15, -0.1) is 0 Å². The molecule has 4 heteroatoms. The zero-order chi connectivity index (χ0) is 15.0. The highest BCUT2D eigenvalue weighted by molar-refractivity contribution is 5.19. The molecule has 2 unspecified atom stereocenters. The molecule has 21 heavy (non-hydrogen) atoms. The van der Waals surface area contributed by atoms with Gasteiger partial charge in [0.2, 0.25) is 0 Å². The van der Waals surface area contributed by atoms with Crippen molar-refractivity contribution in [2.45, 2.75) is 51.2 Å². The molecule has 2 aliphatic rings. The molecule has 2 atom stereocenters. The molecular formula is C17H24F2N2. The van der Waals surface area contributed by atoms with Gasteiger partial charge in [0, 0.05) is 30.2 Å². The summed E-state index contributed by atoms with van der Waals surface area (Å²) in [5, 5.41) is 3.68. The Kier molecular flexibility index (Phi) is 4.02. The summed E-state index contributed by atoms with van der Waals surface area (Å²) in [7, 11) is 0. The van der Waals surface area contributed by atoms with E-state index in [0.717, 1.165) is 25.4 Å². The second kappa shape index (κ2) is 5.65. The molecule has 1 saturated heterocycles. The van der Waals surface area contributed by atoms with Gasteiger partial charge in [0.25, 0.3) is 0 Å². The number of hydrogen-bond donors (Lipinski definition) is 1. The molecule has 1 aromatic carbocycles. The third-order valence-electron chi connectivity index (χ3n) is 5.13. The molecule has 1 N–H and O–H groups in total. The van der Waals surface area contributed by atoms with Crippen LogP contribution in [0.15, 0.2) is 18.2 Å². The van der Waals surface area contributed by atoms with Crippen molar-refractivity contribution in [2.75, 3.05) is 13.1 Å². The maximum atomic E-state index is 13.9. The molecule has 0 amide bonds. The largest absolute Gasteiger partial charge is 0.310 e. The Morgan fingerprint density at radius 3 is 2.76 bits per heavy atom. The predicted molar refractivity (Wildman–Crippen MR) is 80.0 cm³/mol. The van der Waals surface area contributed by atoms with E-state index in [1.807, 2.05) is 0 Å². The maximum absolute atomic E-state index is 13.9. The summed E-state index contributed by atoms with van der Waals surface area (Å²) in [5.41, 5.74) is 0.566. The minimum Gasteiger partial charge on any atom is -0.310 e. The number of halogens is 2. The van der Waals surface area contributed by atoms with Gasteiger partial charge in [-0.1, -0.05) is 12.1 Å². The number of nitrogens with zero attached hydrogens (tertiary/aromatic N) is 1. The second-order valence-corrected chi connectivity index (χ2v) is 6.87. The van der Waals surface area contributed by atoms with E-state index in [9.17, 15) is 8.78 Å². The van der Waals surface area contributed by atoms with E-state index in [4.69, 9.17) is 0 Å². The summed E-state index contributed by atoms with van der Waals surface area (Å²) in [6, 6.07) is 4.84. The Morgan fingerprint density at radius 1 is 1.29 bits per heavy atom. The van der Waals surface area contributed by atoms with Crippen molar-refractivity contribution in [1.29, 1.82) is 0 Å². The van der Waals surface area contributed by atoms with Crippen LogP contribution in [0.3, 0.4) is 0 Å². The molecule has 1 saturated carbocycles. The normalized spacial score (nSPS) is 31.1. The first-order valence-electron chi connectivity index (χ1n) is 7.91. The fourth-order valence-electron chi connectivity index (χ4n) is 3.48. The van der Waals surface area contributed by atoms with Crippen LogP contribution in [0.25, 0.3) is 0 Å². The summed E-state index contributed by atoms with van der Waals surface area (Å²) >= 11 is 0. The lowest BCUT2D eigenvalue weighted by Crippen LogP contribution is -2.51. The first-order valence-corrected chi connectivity index (χ1v) is 7.91. The van der Waals surface area contributed by atoms with Crippen molar-refractivity contribution in [2.24, 2.45) is 5.92 Å². The lowest BCUT2D eigenvalue weighted by molar-refractivity contribution is 0.153. The number of hydrogen-bond acceptors (Lipinski definition) is 2. The van der Waals surface area contributed by atoms with E-state index < -0.39 is 11.6 Å². The zero-order valence-electron chi connectivity index (χ0n) is 12.8. The van der Waals surface area contributed by atoms with E-state index in [0.29, 0.717) is 18.2 Å². The van der Waals surface area contributed by atoms with Crippen molar-refractivity contribution in [3.8, 4) is 0 Å². The van der Waals surface area contributed by atoms with E-state index >= 15 is 0 Å². The average molecular weight is 294 g/mol. The van der Waals surface area contributed by atoms with Gasteiger partial charge in [-0.3, -0.25) is 4.90 Å². The van der Waals surface area contributed by atoms with Crippen LogP contribution in [0.4, 0.5) is 8.78 Å². The van der Waals surface area contributed by atoms with Gasteiger partial charge < -0.3 is 5.32 Å². The van der Waals surface area contributed by atoms with Crippen LogP contribution < -0.4 is 5.32 Å². The third-order valence-corrected chi connectivity index (χ3v) is 5.13. The van der Waals surface area contributed by atoms with E-state index in [1.165, 1.54) is 18.9 Å². The minimum absolute atomic E-state index is 0.106. The first-order chi connectivity index (χ1) is 9.99. The maximum Gasteiger partial charge on any atom is 0.163 e. The molecule has 1 aliphatic carbocycles. The molecule has 1 aromatic rings. The van der Waals surface area contributed by atoms with Gasteiger partial charge in [0.05, 0.1) is 0 Å². The summed E-state index contributed by atoms with van der Waals surface area (Å²) in [6.07, 6.45) is 3.60. The van der Waals surface area contributed by atoms with Crippen molar-refractivity contribution in [3.63, 3.8) is 0 Å². The first kappa shape index (κ1) is 14.9. The standard InChI is InChI=1S/C17H24F2N2/c1-12-8-9-20-17(2,14-6-7-14)11-21(12)10-13-4-3-5-15(18)16(13)19/h3-5,12,14,20H,6-11H2,1-2H3. The molecule has 1 heterocycles. The van der Waals surface area contributed by atoms with E-state index in [-0.39, 0.29) is 5.54 Å². The predicted octanol–water partition coefficient (Wildman–Crippen LogP) is 3.32. The van der Waals surface area contributed by atoms with Gasteiger partial charge in [-0.25, -0.2) is 8.78 Å². The summed E-state index contributed by atoms with van der Waals surface area (Å²) in [4.78, 5) is 2.30. The SMILES string of the molecule is CC1CCNC(C)(C2CC2)CN1Cc1cccc(F)c1F. The van der Waals surface area contributed by atoms with Crippen molar-refractivity contribution >= 4 is 0 Å². The van der Waals surface area contributed by atoms with Crippen LogP contribution in [0, 0.1) is 17.6 Å². The Balaban J connectivity index is 1.79. The van der Waals surface area contributed by atoms with Crippen LogP contribution >= 0.6 is 0 Å². The van der Waals surface area contributed by atoms with Crippen LogP contribution in [0.1, 0.15) is 38.7 Å². The highest BCUT2D eigenvalue weighted by Crippen LogP contribution is 2.41. The molecule has 0 bridgehead atoms. The van der Waals surface area contributed by atoms with Crippen molar-refractivity contribution < 1.29 is 8.78 Å². The Hall–Kier alpha value is -1.00. The van der Waals surface area contributed by atoms with Gasteiger partial charge in [0.15, 0.2) is 11.6 Å². The fraction of sp³-hybridized carbons (Fsp3) is 0.647. The molecule has 2 fully saturated rings. The van der Waals surface area contributed by atoms with Crippen molar-refractivity contribution in [1.82, 2.24) is 10.2 Å².